The van der Waals surface area contributed by atoms with Gasteiger partial charge in [-0.2, -0.15) is 0 Å². The molecule has 2 nitrogen and oxygen atoms in total. The summed E-state index contributed by atoms with van der Waals surface area (Å²) in [5.74, 6) is 0. The van der Waals surface area contributed by atoms with E-state index in [0.717, 1.165) is 18.3 Å². The van der Waals surface area contributed by atoms with Crippen LogP contribution in [0.4, 0.5) is 0 Å². The highest BCUT2D eigenvalue weighted by atomic mass is 35.5. The summed E-state index contributed by atoms with van der Waals surface area (Å²) in [6.45, 7) is 0.612. The SMILES string of the molecule is NCCC=Cc1ccc(Cl)cc1C=O. The number of halogens is 1. The highest BCUT2D eigenvalue weighted by Crippen LogP contribution is 2.15. The normalized spacial score (nSPS) is 10.7. The van der Waals surface area contributed by atoms with Gasteiger partial charge >= 0.3 is 0 Å². The number of rotatable bonds is 4. The Labute approximate surface area is 88.4 Å². The van der Waals surface area contributed by atoms with Crippen molar-refractivity contribution in [1.82, 2.24) is 0 Å². The van der Waals surface area contributed by atoms with E-state index in [1.54, 1.807) is 12.1 Å². The van der Waals surface area contributed by atoms with E-state index in [1.165, 1.54) is 0 Å². The minimum atomic E-state index is 0.572. The second-order valence-corrected chi connectivity index (χ2v) is 3.31. The summed E-state index contributed by atoms with van der Waals surface area (Å²) in [4.78, 5) is 10.7. The van der Waals surface area contributed by atoms with Crippen LogP contribution in [-0.4, -0.2) is 12.8 Å². The maximum absolute atomic E-state index is 10.7. The Balaban J connectivity index is 2.90. The molecule has 1 aromatic rings. The predicted octanol–water partition coefficient (Wildman–Crippen LogP) is 2.51. The van der Waals surface area contributed by atoms with Crippen molar-refractivity contribution in [2.75, 3.05) is 6.54 Å². The molecule has 0 unspecified atom stereocenters. The lowest BCUT2D eigenvalue weighted by Crippen LogP contribution is -1.95. The zero-order valence-corrected chi connectivity index (χ0v) is 8.50. The van der Waals surface area contributed by atoms with Crippen LogP contribution in [0.3, 0.4) is 0 Å². The molecule has 0 aromatic heterocycles. The summed E-state index contributed by atoms with van der Waals surface area (Å²) in [5, 5.41) is 0.572. The number of benzene rings is 1. The third-order valence-corrected chi connectivity index (χ3v) is 2.04. The molecule has 0 bridgehead atoms. The molecule has 1 rings (SSSR count). The smallest absolute Gasteiger partial charge is 0.150 e. The van der Waals surface area contributed by atoms with Gasteiger partial charge in [-0.3, -0.25) is 4.79 Å². The minimum absolute atomic E-state index is 0.572. The lowest BCUT2D eigenvalue weighted by Gasteiger charge is -1.99. The van der Waals surface area contributed by atoms with Crippen molar-refractivity contribution in [3.05, 3.63) is 40.4 Å². The van der Waals surface area contributed by atoms with Gasteiger partial charge in [0, 0.05) is 10.6 Å². The maximum atomic E-state index is 10.7. The molecule has 0 radical (unpaired) electrons. The van der Waals surface area contributed by atoms with E-state index in [-0.39, 0.29) is 0 Å². The van der Waals surface area contributed by atoms with Crippen molar-refractivity contribution in [1.29, 1.82) is 0 Å². The zero-order valence-electron chi connectivity index (χ0n) is 7.74. The van der Waals surface area contributed by atoms with Gasteiger partial charge in [0.25, 0.3) is 0 Å². The van der Waals surface area contributed by atoms with E-state index in [0.29, 0.717) is 17.1 Å². The summed E-state index contributed by atoms with van der Waals surface area (Å²) in [6.07, 6.45) is 5.43. The topological polar surface area (TPSA) is 43.1 Å². The summed E-state index contributed by atoms with van der Waals surface area (Å²) in [7, 11) is 0. The lowest BCUT2D eigenvalue weighted by atomic mass is 10.1. The molecule has 0 spiro atoms. The van der Waals surface area contributed by atoms with Gasteiger partial charge in [0.15, 0.2) is 6.29 Å². The quantitative estimate of drug-likeness (QED) is 0.775. The second kappa shape index (κ2) is 5.58. The van der Waals surface area contributed by atoms with E-state index in [4.69, 9.17) is 17.3 Å². The van der Waals surface area contributed by atoms with Gasteiger partial charge in [-0.1, -0.05) is 29.8 Å². The Morgan fingerprint density at radius 3 is 2.79 bits per heavy atom. The number of aldehydes is 1. The fourth-order valence-corrected chi connectivity index (χ4v) is 1.29. The number of hydrogen-bond donors (Lipinski definition) is 1. The van der Waals surface area contributed by atoms with Crippen molar-refractivity contribution in [3.63, 3.8) is 0 Å². The Bertz CT molecular complexity index is 347. The average Bonchev–Trinajstić information content (AvgIpc) is 2.20. The van der Waals surface area contributed by atoms with Crippen LogP contribution in [0.1, 0.15) is 22.3 Å². The fourth-order valence-electron chi connectivity index (χ4n) is 1.11. The molecular formula is C11H12ClNO. The molecule has 0 aliphatic rings. The first kappa shape index (κ1) is 11.0. The van der Waals surface area contributed by atoms with Crippen molar-refractivity contribution in [2.45, 2.75) is 6.42 Å². The average molecular weight is 210 g/mol. The summed E-state index contributed by atoms with van der Waals surface area (Å²) >= 11 is 5.75. The molecule has 0 aliphatic heterocycles. The number of nitrogens with two attached hydrogens (primary N) is 1. The van der Waals surface area contributed by atoms with Gasteiger partial charge in [0.05, 0.1) is 0 Å². The van der Waals surface area contributed by atoms with E-state index in [9.17, 15) is 4.79 Å². The molecule has 0 aliphatic carbocycles. The molecular weight excluding hydrogens is 198 g/mol. The van der Waals surface area contributed by atoms with Gasteiger partial charge in [-0.25, -0.2) is 0 Å². The first-order chi connectivity index (χ1) is 6.77. The fraction of sp³-hybridized carbons (Fsp3) is 0.182. The largest absolute Gasteiger partial charge is 0.330 e. The van der Waals surface area contributed by atoms with Crippen LogP contribution in [0.2, 0.25) is 5.02 Å². The second-order valence-electron chi connectivity index (χ2n) is 2.87. The summed E-state index contributed by atoms with van der Waals surface area (Å²) in [6, 6.07) is 5.23. The highest BCUT2D eigenvalue weighted by Gasteiger charge is 1.98. The number of hydrogen-bond acceptors (Lipinski definition) is 2. The van der Waals surface area contributed by atoms with Crippen LogP contribution in [0.5, 0.6) is 0 Å². The molecule has 0 amide bonds. The third kappa shape index (κ3) is 2.98. The lowest BCUT2D eigenvalue weighted by molar-refractivity contribution is 0.112. The molecule has 0 saturated heterocycles. The molecule has 3 heteroatoms. The van der Waals surface area contributed by atoms with E-state index < -0.39 is 0 Å². The summed E-state index contributed by atoms with van der Waals surface area (Å²) in [5.41, 5.74) is 6.82. The van der Waals surface area contributed by atoms with Gasteiger partial charge in [-0.15, -0.1) is 0 Å². The van der Waals surface area contributed by atoms with Gasteiger partial charge < -0.3 is 5.73 Å². The Morgan fingerprint density at radius 1 is 1.36 bits per heavy atom. The predicted molar refractivity (Wildman–Crippen MR) is 59.5 cm³/mol. The van der Waals surface area contributed by atoms with Crippen molar-refractivity contribution < 1.29 is 4.79 Å². The van der Waals surface area contributed by atoms with E-state index in [1.807, 2.05) is 18.2 Å². The third-order valence-electron chi connectivity index (χ3n) is 1.81. The van der Waals surface area contributed by atoms with Gasteiger partial charge in [-0.05, 0) is 30.7 Å². The van der Waals surface area contributed by atoms with E-state index >= 15 is 0 Å². The molecule has 0 saturated carbocycles. The Hall–Kier alpha value is -1.12. The van der Waals surface area contributed by atoms with Crippen molar-refractivity contribution >= 4 is 24.0 Å². The van der Waals surface area contributed by atoms with Crippen LogP contribution < -0.4 is 5.73 Å². The number of carbonyl (C=O) groups is 1. The first-order valence-corrected chi connectivity index (χ1v) is 4.77. The molecule has 74 valence electrons. The minimum Gasteiger partial charge on any atom is -0.330 e. The van der Waals surface area contributed by atoms with Crippen LogP contribution >= 0.6 is 11.6 Å². The molecule has 0 fully saturated rings. The van der Waals surface area contributed by atoms with Crippen LogP contribution in [0.25, 0.3) is 6.08 Å². The first-order valence-electron chi connectivity index (χ1n) is 4.39. The van der Waals surface area contributed by atoms with Crippen LogP contribution in [0.15, 0.2) is 24.3 Å². The van der Waals surface area contributed by atoms with E-state index in [2.05, 4.69) is 0 Å². The number of carbonyl (C=O) groups excluding carboxylic acids is 1. The van der Waals surface area contributed by atoms with Gasteiger partial charge in [0.2, 0.25) is 0 Å². The summed E-state index contributed by atoms with van der Waals surface area (Å²) < 4.78 is 0. The molecule has 0 heterocycles. The molecule has 2 N–H and O–H groups in total. The monoisotopic (exact) mass is 209 g/mol. The van der Waals surface area contributed by atoms with Gasteiger partial charge in [0.1, 0.15) is 0 Å². The zero-order chi connectivity index (χ0) is 10.4. The molecule has 0 atom stereocenters. The molecule has 14 heavy (non-hydrogen) atoms. The maximum Gasteiger partial charge on any atom is 0.150 e. The Morgan fingerprint density at radius 2 is 2.14 bits per heavy atom. The van der Waals surface area contributed by atoms with Crippen molar-refractivity contribution in [3.8, 4) is 0 Å². The van der Waals surface area contributed by atoms with Crippen LogP contribution in [0, 0.1) is 0 Å². The van der Waals surface area contributed by atoms with Crippen molar-refractivity contribution in [2.24, 2.45) is 5.73 Å². The standard InChI is InChI=1S/C11H12ClNO/c12-11-5-4-9(3-1-2-6-13)10(7-11)8-14/h1,3-5,7-8H,2,6,13H2. The molecule has 1 aromatic carbocycles. The Kier molecular flexibility index (Phi) is 4.36. The van der Waals surface area contributed by atoms with Crippen LogP contribution in [-0.2, 0) is 0 Å². The highest BCUT2D eigenvalue weighted by molar-refractivity contribution is 6.30.